The molecule has 3 aromatic heterocycles. The van der Waals surface area contributed by atoms with Crippen molar-refractivity contribution in [2.45, 2.75) is 0 Å². The number of hydrogen-bond acceptors (Lipinski definition) is 20. The van der Waals surface area contributed by atoms with Crippen LogP contribution in [0.4, 0.5) is 13.2 Å². The van der Waals surface area contributed by atoms with Gasteiger partial charge in [0.15, 0.2) is 40.2 Å². The van der Waals surface area contributed by atoms with Crippen molar-refractivity contribution in [1.82, 2.24) is 29.9 Å². The van der Waals surface area contributed by atoms with Crippen LogP contribution in [0.25, 0.3) is 0 Å². The second kappa shape index (κ2) is 32.0. The Morgan fingerprint density at radius 2 is 0.877 bits per heavy atom. The summed E-state index contributed by atoms with van der Waals surface area (Å²) in [5, 5.41) is 30.2. The van der Waals surface area contributed by atoms with Crippen LogP contribution < -0.4 is 14.2 Å². The number of hydrogen-bond donors (Lipinski definition) is 2. The second-order valence-electron chi connectivity index (χ2n) is 14.8. The van der Waals surface area contributed by atoms with Crippen LogP contribution in [0.3, 0.4) is 0 Å². The number of nitrogens with zero attached hydrogens (tertiary/aromatic N) is 10. The first-order valence-corrected chi connectivity index (χ1v) is 25.0. The van der Waals surface area contributed by atoms with Gasteiger partial charge in [-0.1, -0.05) is 135 Å². The lowest BCUT2D eigenvalue weighted by atomic mass is 10.1. The van der Waals surface area contributed by atoms with E-state index in [0.717, 1.165) is 19.0 Å². The largest absolute Gasteiger partial charge is 0.507 e. The Bertz CT molecular complexity index is 3480. The molecule has 20 nitrogen and oxygen atoms in total. The van der Waals surface area contributed by atoms with Gasteiger partial charge in [0.1, 0.15) is 73.8 Å². The fourth-order valence-corrected chi connectivity index (χ4v) is 6.84. The molecule has 81 heavy (non-hydrogen) atoms. The van der Waals surface area contributed by atoms with Crippen molar-refractivity contribution in [3.05, 3.63) is 199 Å². The molecule has 0 radical (unpaired) electrons. The van der Waals surface area contributed by atoms with E-state index in [1.807, 2.05) is 0 Å². The van der Waals surface area contributed by atoms with Crippen LogP contribution in [-0.4, -0.2) is 104 Å². The average Bonchev–Trinajstić information content (AvgIpc) is 3.48. The zero-order valence-corrected chi connectivity index (χ0v) is 46.2. The highest BCUT2D eigenvalue weighted by Gasteiger charge is 2.24. The molecule has 0 spiro atoms. The highest BCUT2D eigenvalue weighted by molar-refractivity contribution is 6.46. The summed E-state index contributed by atoms with van der Waals surface area (Å²) < 4.78 is 68.0. The first kappa shape index (κ1) is 61.8. The lowest BCUT2D eigenvalue weighted by Crippen LogP contribution is -2.25. The predicted octanol–water partition coefficient (Wildman–Crippen LogP) is 13.4. The SMILES string of the molecule is CN=C(C1=NOCCO1)c1ccccc1Oc1ncnc(Oc2ccccc2Cl)c1F.CO/N=C(/C1=NOCCO1)c1ccccc1O.Fc1c(Cl)ncnc1Cl.Fc1c(Cl)ncnc1Oc1ccccc1Cl.Oc1ccccc1Cl. The number of rotatable bonds is 11. The molecule has 5 aromatic carbocycles. The highest BCUT2D eigenvalue weighted by atomic mass is 35.5. The van der Waals surface area contributed by atoms with Crippen molar-refractivity contribution < 1.29 is 61.6 Å². The maximum Gasteiger partial charge on any atom is 0.280 e. The molecule has 0 bridgehead atoms. The zero-order valence-electron chi connectivity index (χ0n) is 41.6. The maximum absolute atomic E-state index is 15.0. The molecule has 29 heteroatoms. The minimum atomic E-state index is -0.887. The molecule has 0 amide bonds. The number of phenols is 2. The molecule has 0 saturated carbocycles. The van der Waals surface area contributed by atoms with Crippen molar-refractivity contribution in [2.75, 3.05) is 40.6 Å². The molecule has 10 rings (SSSR count). The van der Waals surface area contributed by atoms with E-state index in [-0.39, 0.29) is 67.9 Å². The summed E-state index contributed by atoms with van der Waals surface area (Å²) in [6.07, 6.45) is 3.33. The Morgan fingerprint density at radius 1 is 0.469 bits per heavy atom. The van der Waals surface area contributed by atoms with Gasteiger partial charge in [0.2, 0.25) is 11.6 Å². The van der Waals surface area contributed by atoms with Gasteiger partial charge in [0.05, 0.1) is 20.6 Å². The normalized spacial score (nSPS) is 12.5. The van der Waals surface area contributed by atoms with Gasteiger partial charge in [0.25, 0.3) is 29.4 Å². The average molecular weight is 1230 g/mol. The van der Waals surface area contributed by atoms with Gasteiger partial charge in [-0.15, -0.1) is 0 Å². The van der Waals surface area contributed by atoms with Crippen LogP contribution in [0.2, 0.25) is 30.5 Å². The first-order chi connectivity index (χ1) is 39.2. The zero-order chi connectivity index (χ0) is 58.1. The number of ether oxygens (including phenoxy) is 5. The second-order valence-corrected chi connectivity index (χ2v) is 17.1. The van der Waals surface area contributed by atoms with Crippen molar-refractivity contribution in [3.8, 4) is 46.4 Å². The summed E-state index contributed by atoms with van der Waals surface area (Å²) in [5.74, 6) is -1.96. The summed E-state index contributed by atoms with van der Waals surface area (Å²) in [6.45, 7) is 1.46. The molecular formula is C52H39Cl6F3N10O10. The molecule has 2 aliphatic heterocycles. The lowest BCUT2D eigenvalue weighted by Gasteiger charge is -2.17. The van der Waals surface area contributed by atoms with Crippen LogP contribution >= 0.6 is 69.6 Å². The Balaban J connectivity index is 0.000000179. The van der Waals surface area contributed by atoms with Crippen LogP contribution in [-0.2, 0) is 24.0 Å². The van der Waals surface area contributed by atoms with Gasteiger partial charge in [-0.25, -0.2) is 19.3 Å². The monoisotopic (exact) mass is 1230 g/mol. The third-order valence-electron chi connectivity index (χ3n) is 9.52. The number of benzene rings is 5. The fraction of sp³-hybridized carbons (Fsp3) is 0.115. The van der Waals surface area contributed by atoms with Crippen molar-refractivity contribution >= 4 is 92.8 Å². The van der Waals surface area contributed by atoms with Crippen LogP contribution in [0.5, 0.6) is 46.4 Å². The summed E-state index contributed by atoms with van der Waals surface area (Å²) >= 11 is 33.3. The molecule has 8 aromatic rings. The van der Waals surface area contributed by atoms with E-state index >= 15 is 4.39 Å². The van der Waals surface area contributed by atoms with Crippen LogP contribution in [0, 0.1) is 17.5 Å². The Labute approximate surface area is 488 Å². The third-order valence-corrected chi connectivity index (χ3v) is 11.3. The molecule has 0 unspecified atom stereocenters. The fourth-order valence-electron chi connectivity index (χ4n) is 5.92. The number of aliphatic imine (C=N–C) groups is 1. The molecule has 2 N–H and O–H groups in total. The first-order valence-electron chi connectivity index (χ1n) is 22.8. The Kier molecular flexibility index (Phi) is 24.4. The lowest BCUT2D eigenvalue weighted by molar-refractivity contribution is 0.0672. The summed E-state index contributed by atoms with van der Waals surface area (Å²) in [5.41, 5.74) is 1.67. The van der Waals surface area contributed by atoms with E-state index in [4.69, 9.17) is 113 Å². The molecule has 0 saturated heterocycles. The van der Waals surface area contributed by atoms with Gasteiger partial charge >= 0.3 is 0 Å². The van der Waals surface area contributed by atoms with Gasteiger partial charge < -0.3 is 48.4 Å². The summed E-state index contributed by atoms with van der Waals surface area (Å²) in [7, 11) is 2.98. The van der Waals surface area contributed by atoms with Gasteiger partial charge in [-0.2, -0.15) is 23.7 Å². The Hall–Kier alpha value is -8.45. The molecule has 2 aliphatic rings. The quantitative estimate of drug-likeness (QED) is 0.0695. The number of halogens is 9. The summed E-state index contributed by atoms with van der Waals surface area (Å²) in [6, 6.07) is 33.6. The number of phenolic OH excluding ortho intramolecular Hbond substituents is 2. The van der Waals surface area contributed by atoms with Gasteiger partial charge in [-0.3, -0.25) is 4.99 Å². The maximum atomic E-state index is 15.0. The molecule has 0 fully saturated rings. The number of para-hydroxylation sites is 5. The third kappa shape index (κ3) is 18.3. The van der Waals surface area contributed by atoms with Crippen molar-refractivity contribution in [3.63, 3.8) is 0 Å². The summed E-state index contributed by atoms with van der Waals surface area (Å²) in [4.78, 5) is 40.4. The smallest absolute Gasteiger partial charge is 0.280 e. The van der Waals surface area contributed by atoms with E-state index in [1.54, 1.807) is 128 Å². The topological polar surface area (TPSA) is 241 Å². The van der Waals surface area contributed by atoms with Gasteiger partial charge in [-0.05, 0) is 71.0 Å². The van der Waals surface area contributed by atoms with Crippen LogP contribution in [0.1, 0.15) is 11.1 Å². The predicted molar refractivity (Wildman–Crippen MR) is 296 cm³/mol. The molecule has 0 atom stereocenters. The van der Waals surface area contributed by atoms with Crippen molar-refractivity contribution in [1.29, 1.82) is 0 Å². The molecule has 420 valence electrons. The van der Waals surface area contributed by atoms with E-state index in [0.29, 0.717) is 69.8 Å². The number of aromatic hydroxyl groups is 2. The standard InChI is InChI=1S/C21H16ClFN4O4.C11H12N2O4.C10H5Cl2FN2O.C6H5ClO.C4HCl2FN2/c1-24-18(21-27-29-11-10-28-21)13-6-2-4-8-15(13)30-19-17(23)20(26-12-25-19)31-16-9-5-3-7-14(16)22;1-15-12-10(11-13-17-7-6-16-11)8-4-2-3-5-9(8)14;11-6-3-1-2-4-7(6)16-10-8(13)9(12)14-5-15-10;7-5-3-1-2-4-6(5)8;5-3-2(7)4(6)9-1-8-3/h2-9,12H,10-11H2,1H3;2-5,14H,6-7H2,1H3;1-5H;1-4,8H;1H/b;12-10+;;;. The Morgan fingerprint density at radius 3 is 1.32 bits per heavy atom. The van der Waals surface area contributed by atoms with E-state index in [1.165, 1.54) is 7.11 Å². The van der Waals surface area contributed by atoms with E-state index in [2.05, 4.69) is 50.4 Å². The molecular weight excluding hydrogens is 1190 g/mol. The van der Waals surface area contributed by atoms with E-state index < -0.39 is 17.5 Å². The minimum Gasteiger partial charge on any atom is -0.507 e. The van der Waals surface area contributed by atoms with Crippen LogP contribution in [0.15, 0.2) is 161 Å². The molecule has 5 heterocycles. The highest BCUT2D eigenvalue weighted by Crippen LogP contribution is 2.35. The number of oxime groups is 3. The van der Waals surface area contributed by atoms with E-state index in [9.17, 15) is 13.9 Å². The number of aromatic nitrogens is 6. The van der Waals surface area contributed by atoms with Crippen molar-refractivity contribution in [2.24, 2.45) is 20.5 Å². The minimum absolute atomic E-state index is 0.0696. The molecule has 0 aliphatic carbocycles. The van der Waals surface area contributed by atoms with Gasteiger partial charge in [0, 0.05) is 12.6 Å².